The fourth-order valence-electron chi connectivity index (χ4n) is 3.25. The largest absolute Gasteiger partial charge is 0.490 e. The predicted molar refractivity (Wildman–Crippen MR) is 136 cm³/mol. The molecule has 168 valence electrons. The summed E-state index contributed by atoms with van der Waals surface area (Å²) in [5.41, 5.74) is 4.92. The Morgan fingerprint density at radius 1 is 0.938 bits per heavy atom. The van der Waals surface area contributed by atoms with E-state index in [1.807, 2.05) is 50.3 Å². The Labute approximate surface area is 204 Å². The second kappa shape index (κ2) is 11.5. The maximum Gasteiger partial charge on any atom is 0.165 e. The van der Waals surface area contributed by atoms with Gasteiger partial charge in [0.2, 0.25) is 0 Å². The normalized spacial score (nSPS) is 10.7. The van der Waals surface area contributed by atoms with Crippen molar-refractivity contribution in [2.24, 2.45) is 0 Å². The standard InChI is InChI=1S/C26H26Cl3NO2/c1-4-6-19-11-18(15-30-22-10-7-17(3)23(28)14-22)12-25(31-5-2)26(19)32-16-20-8-9-21(27)13-24(20)29/h4,7-14,30H,1,5-6,15-16H2,2-3H3. The molecule has 1 N–H and O–H groups in total. The molecule has 3 nitrogen and oxygen atoms in total. The van der Waals surface area contributed by atoms with Crippen molar-refractivity contribution in [2.75, 3.05) is 11.9 Å². The Morgan fingerprint density at radius 2 is 1.75 bits per heavy atom. The third-order valence-corrected chi connectivity index (χ3v) is 5.91. The molecular weight excluding hydrogens is 465 g/mol. The molecule has 0 saturated carbocycles. The highest BCUT2D eigenvalue weighted by molar-refractivity contribution is 6.35. The fraction of sp³-hybridized carbons (Fsp3) is 0.231. The number of anilines is 1. The lowest BCUT2D eigenvalue weighted by molar-refractivity contribution is 0.267. The summed E-state index contributed by atoms with van der Waals surface area (Å²) in [7, 11) is 0. The molecule has 0 radical (unpaired) electrons. The molecule has 32 heavy (non-hydrogen) atoms. The van der Waals surface area contributed by atoms with Gasteiger partial charge in [-0.15, -0.1) is 6.58 Å². The molecule has 0 aromatic heterocycles. The van der Waals surface area contributed by atoms with Crippen LogP contribution in [0.4, 0.5) is 5.69 Å². The molecule has 6 heteroatoms. The highest BCUT2D eigenvalue weighted by Crippen LogP contribution is 2.35. The van der Waals surface area contributed by atoms with E-state index in [0.29, 0.717) is 47.7 Å². The Hall–Kier alpha value is -2.33. The minimum atomic E-state index is 0.305. The number of allylic oxidation sites excluding steroid dienone is 1. The number of aryl methyl sites for hydroxylation is 1. The van der Waals surface area contributed by atoms with Crippen LogP contribution < -0.4 is 14.8 Å². The summed E-state index contributed by atoms with van der Waals surface area (Å²) in [6.07, 6.45) is 2.50. The third-order valence-electron chi connectivity index (χ3n) is 4.91. The van der Waals surface area contributed by atoms with Gasteiger partial charge >= 0.3 is 0 Å². The van der Waals surface area contributed by atoms with E-state index in [1.165, 1.54) is 0 Å². The molecule has 3 rings (SSSR count). The van der Waals surface area contributed by atoms with Crippen LogP contribution in [0.3, 0.4) is 0 Å². The monoisotopic (exact) mass is 489 g/mol. The van der Waals surface area contributed by atoms with E-state index in [1.54, 1.807) is 12.1 Å². The van der Waals surface area contributed by atoms with Crippen molar-refractivity contribution >= 4 is 40.5 Å². The summed E-state index contributed by atoms with van der Waals surface area (Å²) in [5, 5.41) is 5.32. The van der Waals surface area contributed by atoms with Gasteiger partial charge in [-0.1, -0.05) is 53.0 Å². The average Bonchev–Trinajstić information content (AvgIpc) is 2.75. The van der Waals surface area contributed by atoms with Crippen LogP contribution in [0.2, 0.25) is 15.1 Å². The molecular formula is C26H26Cl3NO2. The van der Waals surface area contributed by atoms with E-state index in [2.05, 4.69) is 18.0 Å². The second-order valence-electron chi connectivity index (χ2n) is 7.35. The first-order chi connectivity index (χ1) is 15.4. The first-order valence-electron chi connectivity index (χ1n) is 10.4. The molecule has 0 spiro atoms. The highest BCUT2D eigenvalue weighted by atomic mass is 35.5. The van der Waals surface area contributed by atoms with E-state index in [0.717, 1.165) is 33.0 Å². The topological polar surface area (TPSA) is 30.5 Å². The molecule has 0 unspecified atom stereocenters. The van der Waals surface area contributed by atoms with Crippen molar-refractivity contribution in [1.29, 1.82) is 0 Å². The van der Waals surface area contributed by atoms with Crippen molar-refractivity contribution in [1.82, 2.24) is 0 Å². The van der Waals surface area contributed by atoms with Crippen LogP contribution in [0, 0.1) is 6.92 Å². The van der Waals surface area contributed by atoms with Crippen LogP contribution in [-0.2, 0) is 19.6 Å². The zero-order chi connectivity index (χ0) is 23.1. The van der Waals surface area contributed by atoms with E-state index < -0.39 is 0 Å². The summed E-state index contributed by atoms with van der Waals surface area (Å²) in [4.78, 5) is 0. The number of hydrogen-bond acceptors (Lipinski definition) is 3. The van der Waals surface area contributed by atoms with Gasteiger partial charge in [-0.05, 0) is 67.8 Å². The Kier molecular flexibility index (Phi) is 8.75. The van der Waals surface area contributed by atoms with Crippen LogP contribution in [-0.4, -0.2) is 6.61 Å². The zero-order valence-corrected chi connectivity index (χ0v) is 20.4. The van der Waals surface area contributed by atoms with Crippen molar-refractivity contribution < 1.29 is 9.47 Å². The van der Waals surface area contributed by atoms with Crippen LogP contribution >= 0.6 is 34.8 Å². The molecule has 3 aromatic rings. The van der Waals surface area contributed by atoms with Crippen LogP contribution in [0.5, 0.6) is 11.5 Å². The van der Waals surface area contributed by atoms with Gasteiger partial charge in [0, 0.05) is 38.4 Å². The van der Waals surface area contributed by atoms with E-state index in [4.69, 9.17) is 44.3 Å². The first kappa shape index (κ1) is 24.3. The van der Waals surface area contributed by atoms with Gasteiger partial charge in [-0.3, -0.25) is 0 Å². The maximum atomic E-state index is 6.31. The number of halogens is 3. The number of hydrogen-bond donors (Lipinski definition) is 1. The number of nitrogens with one attached hydrogen (secondary N) is 1. The smallest absolute Gasteiger partial charge is 0.165 e. The summed E-state index contributed by atoms with van der Waals surface area (Å²) in [6.45, 7) is 9.28. The molecule has 0 aliphatic carbocycles. The summed E-state index contributed by atoms with van der Waals surface area (Å²) >= 11 is 18.6. The molecule has 0 heterocycles. The highest BCUT2D eigenvalue weighted by Gasteiger charge is 2.15. The Morgan fingerprint density at radius 3 is 2.44 bits per heavy atom. The minimum absolute atomic E-state index is 0.305. The van der Waals surface area contributed by atoms with Gasteiger partial charge in [0.25, 0.3) is 0 Å². The van der Waals surface area contributed by atoms with E-state index in [9.17, 15) is 0 Å². The second-order valence-corrected chi connectivity index (χ2v) is 8.60. The molecule has 0 saturated heterocycles. The van der Waals surface area contributed by atoms with Crippen molar-refractivity contribution in [3.8, 4) is 11.5 Å². The van der Waals surface area contributed by atoms with Crippen molar-refractivity contribution in [2.45, 2.75) is 33.4 Å². The van der Waals surface area contributed by atoms with Gasteiger partial charge in [0.1, 0.15) is 6.61 Å². The van der Waals surface area contributed by atoms with Crippen LogP contribution in [0.25, 0.3) is 0 Å². The number of ether oxygens (including phenoxy) is 2. The molecule has 0 aliphatic heterocycles. The SMILES string of the molecule is C=CCc1cc(CNc2ccc(C)c(Cl)c2)cc(OCC)c1OCc1ccc(Cl)cc1Cl. The first-order valence-corrected chi connectivity index (χ1v) is 11.5. The zero-order valence-electron chi connectivity index (χ0n) is 18.2. The molecule has 0 fully saturated rings. The summed E-state index contributed by atoms with van der Waals surface area (Å²) < 4.78 is 12.1. The lowest BCUT2D eigenvalue weighted by Crippen LogP contribution is -2.06. The minimum Gasteiger partial charge on any atom is -0.490 e. The predicted octanol–water partition coefficient (Wildman–Crippen LogP) is 8.27. The lowest BCUT2D eigenvalue weighted by atomic mass is 10.0. The Balaban J connectivity index is 1.85. The number of rotatable bonds is 10. The summed E-state index contributed by atoms with van der Waals surface area (Å²) in [5.74, 6) is 1.38. The van der Waals surface area contributed by atoms with E-state index in [-0.39, 0.29) is 0 Å². The lowest BCUT2D eigenvalue weighted by Gasteiger charge is -2.18. The molecule has 3 aromatic carbocycles. The maximum absolute atomic E-state index is 6.31. The Bertz CT molecular complexity index is 1100. The fourth-order valence-corrected chi connectivity index (χ4v) is 3.90. The van der Waals surface area contributed by atoms with Crippen LogP contribution in [0.15, 0.2) is 61.2 Å². The number of benzene rings is 3. The van der Waals surface area contributed by atoms with E-state index >= 15 is 0 Å². The third kappa shape index (κ3) is 6.35. The van der Waals surface area contributed by atoms with Crippen molar-refractivity contribution in [3.63, 3.8) is 0 Å². The molecule has 0 atom stereocenters. The van der Waals surface area contributed by atoms with Gasteiger partial charge in [0.05, 0.1) is 6.61 Å². The van der Waals surface area contributed by atoms with Crippen LogP contribution in [0.1, 0.15) is 29.2 Å². The van der Waals surface area contributed by atoms with Gasteiger partial charge in [0.15, 0.2) is 11.5 Å². The average molecular weight is 491 g/mol. The molecule has 0 amide bonds. The van der Waals surface area contributed by atoms with Gasteiger partial charge in [-0.25, -0.2) is 0 Å². The quantitative estimate of drug-likeness (QED) is 0.290. The van der Waals surface area contributed by atoms with Crippen molar-refractivity contribution in [3.05, 3.63) is 98.5 Å². The summed E-state index contributed by atoms with van der Waals surface area (Å²) in [6, 6.07) is 15.4. The molecule has 0 bridgehead atoms. The van der Waals surface area contributed by atoms with Gasteiger partial charge < -0.3 is 14.8 Å². The van der Waals surface area contributed by atoms with Gasteiger partial charge in [-0.2, -0.15) is 0 Å². The molecule has 0 aliphatic rings.